The SMILES string of the molecule is CCOc1cc(OCc2ccc(OC)cc2)ncc1-c1ccc(CC(=O)Nc2cc(C(=O)O)cc(C(F)(F)F)c2)c(F)c1. The number of hydrogen-bond donors (Lipinski definition) is 2. The first kappa shape index (κ1) is 30.8. The quantitative estimate of drug-likeness (QED) is 0.184. The third-order valence-electron chi connectivity index (χ3n) is 6.19. The number of benzene rings is 3. The van der Waals surface area contributed by atoms with Gasteiger partial charge in [-0.15, -0.1) is 0 Å². The number of ether oxygens (including phenoxy) is 3. The Hall–Kier alpha value is -5.13. The van der Waals surface area contributed by atoms with Gasteiger partial charge in [-0.2, -0.15) is 13.2 Å². The number of rotatable bonds is 11. The summed E-state index contributed by atoms with van der Waals surface area (Å²) < 4.78 is 71.3. The second kappa shape index (κ2) is 13.2. The maximum atomic E-state index is 15.1. The van der Waals surface area contributed by atoms with Crippen molar-refractivity contribution in [2.75, 3.05) is 19.0 Å². The number of carbonyl (C=O) groups is 2. The van der Waals surface area contributed by atoms with E-state index in [9.17, 15) is 22.8 Å². The molecule has 8 nitrogen and oxygen atoms in total. The summed E-state index contributed by atoms with van der Waals surface area (Å²) in [5, 5.41) is 11.3. The Balaban J connectivity index is 1.48. The average molecular weight is 599 g/mol. The Labute approximate surface area is 243 Å². The molecule has 0 unspecified atom stereocenters. The first-order chi connectivity index (χ1) is 20.5. The Bertz CT molecular complexity index is 1620. The number of carbonyl (C=O) groups excluding carboxylic acids is 1. The van der Waals surface area contributed by atoms with Crippen molar-refractivity contribution in [1.29, 1.82) is 0 Å². The fourth-order valence-electron chi connectivity index (χ4n) is 4.09. The van der Waals surface area contributed by atoms with E-state index >= 15 is 4.39 Å². The topological polar surface area (TPSA) is 107 Å². The lowest BCUT2D eigenvalue weighted by Gasteiger charge is -2.14. The second-order valence-corrected chi connectivity index (χ2v) is 9.22. The molecule has 4 aromatic rings. The maximum Gasteiger partial charge on any atom is 0.416 e. The zero-order chi connectivity index (χ0) is 31.1. The summed E-state index contributed by atoms with van der Waals surface area (Å²) in [7, 11) is 1.58. The predicted octanol–water partition coefficient (Wildman–Crippen LogP) is 6.77. The van der Waals surface area contributed by atoms with E-state index in [1.165, 1.54) is 18.3 Å². The van der Waals surface area contributed by atoms with Crippen molar-refractivity contribution in [3.05, 3.63) is 101 Å². The average Bonchev–Trinajstić information content (AvgIpc) is 2.97. The van der Waals surface area contributed by atoms with Crippen LogP contribution in [0.15, 0.2) is 72.9 Å². The van der Waals surface area contributed by atoms with Gasteiger partial charge in [0.1, 0.15) is 23.9 Å². The second-order valence-electron chi connectivity index (χ2n) is 9.22. The molecule has 2 N–H and O–H groups in total. The summed E-state index contributed by atoms with van der Waals surface area (Å²) in [4.78, 5) is 28.1. The number of methoxy groups -OCH3 is 1. The Morgan fingerprint density at radius 1 is 0.977 bits per heavy atom. The van der Waals surface area contributed by atoms with Crippen LogP contribution in [0.5, 0.6) is 17.4 Å². The normalized spacial score (nSPS) is 11.1. The number of nitrogens with zero attached hydrogens (tertiary/aromatic N) is 1. The van der Waals surface area contributed by atoms with E-state index in [0.29, 0.717) is 41.4 Å². The van der Waals surface area contributed by atoms with E-state index in [4.69, 9.17) is 19.3 Å². The van der Waals surface area contributed by atoms with E-state index in [1.54, 1.807) is 26.2 Å². The van der Waals surface area contributed by atoms with Crippen molar-refractivity contribution in [3.63, 3.8) is 0 Å². The molecule has 0 radical (unpaired) electrons. The highest BCUT2D eigenvalue weighted by atomic mass is 19.4. The summed E-state index contributed by atoms with van der Waals surface area (Å²) in [5.74, 6) is -1.78. The number of anilines is 1. The van der Waals surface area contributed by atoms with Gasteiger partial charge >= 0.3 is 12.1 Å². The van der Waals surface area contributed by atoms with E-state index in [0.717, 1.165) is 11.6 Å². The number of amides is 1. The maximum absolute atomic E-state index is 15.1. The van der Waals surface area contributed by atoms with Crippen LogP contribution in [0.25, 0.3) is 11.1 Å². The van der Waals surface area contributed by atoms with Gasteiger partial charge in [-0.25, -0.2) is 14.2 Å². The van der Waals surface area contributed by atoms with Crippen LogP contribution in [-0.2, 0) is 24.0 Å². The van der Waals surface area contributed by atoms with E-state index in [-0.39, 0.29) is 23.7 Å². The minimum absolute atomic E-state index is 0.0305. The standard InChI is InChI=1S/C31H26F4N2O6/c1-3-42-27-15-29(43-17-18-4-8-24(41-2)9-5-18)36-16-25(27)19-6-7-20(26(32)12-19)13-28(38)37-23-11-21(30(39)40)10-22(14-23)31(33,34)35/h4-12,14-16H,3,13,17H2,1-2H3,(H,37,38)(H,39,40). The molecular weight excluding hydrogens is 572 g/mol. The number of nitrogens with one attached hydrogen (secondary N) is 1. The third-order valence-corrected chi connectivity index (χ3v) is 6.19. The van der Waals surface area contributed by atoms with Gasteiger partial charge in [-0.1, -0.05) is 24.3 Å². The van der Waals surface area contributed by atoms with E-state index < -0.39 is 41.4 Å². The lowest BCUT2D eigenvalue weighted by molar-refractivity contribution is -0.137. The number of halogens is 4. The smallest absolute Gasteiger partial charge is 0.416 e. The van der Waals surface area contributed by atoms with Crippen molar-refractivity contribution < 1.29 is 46.5 Å². The number of pyridine rings is 1. The van der Waals surface area contributed by atoms with Crippen molar-refractivity contribution in [2.24, 2.45) is 0 Å². The minimum Gasteiger partial charge on any atom is -0.497 e. The highest BCUT2D eigenvalue weighted by molar-refractivity contribution is 5.95. The molecule has 1 heterocycles. The van der Waals surface area contributed by atoms with Crippen LogP contribution < -0.4 is 19.5 Å². The highest BCUT2D eigenvalue weighted by Crippen LogP contribution is 2.34. The van der Waals surface area contributed by atoms with Gasteiger partial charge in [-0.05, 0) is 60.0 Å². The van der Waals surface area contributed by atoms with E-state index in [1.807, 2.05) is 24.3 Å². The number of aromatic carboxylic acids is 1. The number of alkyl halides is 3. The Morgan fingerprint density at radius 3 is 2.35 bits per heavy atom. The molecule has 0 saturated heterocycles. The molecule has 4 rings (SSSR count). The van der Waals surface area contributed by atoms with E-state index in [2.05, 4.69) is 10.3 Å². The molecule has 1 amide bonds. The van der Waals surface area contributed by atoms with Gasteiger partial charge in [0.05, 0.1) is 31.3 Å². The van der Waals surface area contributed by atoms with Crippen LogP contribution in [0.3, 0.4) is 0 Å². The molecule has 12 heteroatoms. The minimum atomic E-state index is -4.83. The van der Waals surface area contributed by atoms with Gasteiger partial charge < -0.3 is 24.6 Å². The van der Waals surface area contributed by atoms with Crippen LogP contribution in [0.4, 0.5) is 23.2 Å². The summed E-state index contributed by atoms with van der Waals surface area (Å²) in [6.45, 7) is 2.34. The predicted molar refractivity (Wildman–Crippen MR) is 149 cm³/mol. The monoisotopic (exact) mass is 598 g/mol. The molecule has 0 aliphatic heterocycles. The van der Waals surface area contributed by atoms with Gasteiger partial charge in [-0.3, -0.25) is 4.79 Å². The number of carboxylic acids is 1. The largest absolute Gasteiger partial charge is 0.497 e. The third kappa shape index (κ3) is 8.00. The number of carboxylic acid groups (broad SMARTS) is 1. The molecule has 43 heavy (non-hydrogen) atoms. The zero-order valence-corrected chi connectivity index (χ0v) is 23.0. The molecule has 1 aromatic heterocycles. The van der Waals surface area contributed by atoms with Gasteiger partial charge in [0, 0.05) is 23.5 Å². The van der Waals surface area contributed by atoms with Crippen molar-refractivity contribution in [3.8, 4) is 28.5 Å². The molecule has 0 fully saturated rings. The molecule has 0 atom stereocenters. The number of aromatic nitrogens is 1. The zero-order valence-electron chi connectivity index (χ0n) is 23.0. The summed E-state index contributed by atoms with van der Waals surface area (Å²) in [6.07, 6.45) is -3.87. The van der Waals surface area contributed by atoms with Crippen molar-refractivity contribution >= 4 is 17.6 Å². The number of hydrogen-bond acceptors (Lipinski definition) is 6. The van der Waals surface area contributed by atoms with Crippen LogP contribution in [-0.4, -0.2) is 35.7 Å². The lowest BCUT2D eigenvalue weighted by Crippen LogP contribution is -2.17. The molecule has 224 valence electrons. The molecule has 0 saturated carbocycles. The van der Waals surface area contributed by atoms with Crippen LogP contribution in [0.2, 0.25) is 0 Å². The van der Waals surface area contributed by atoms with Gasteiger partial charge in [0.15, 0.2) is 0 Å². The van der Waals surface area contributed by atoms with Crippen molar-refractivity contribution in [2.45, 2.75) is 26.1 Å². The first-order valence-electron chi connectivity index (χ1n) is 12.9. The van der Waals surface area contributed by atoms with Crippen LogP contribution in [0.1, 0.15) is 34.0 Å². The Kier molecular flexibility index (Phi) is 9.49. The summed E-state index contributed by atoms with van der Waals surface area (Å²) in [6, 6.07) is 15.0. The fourth-order valence-corrected chi connectivity index (χ4v) is 4.09. The summed E-state index contributed by atoms with van der Waals surface area (Å²) in [5.41, 5.74) is -0.539. The van der Waals surface area contributed by atoms with Crippen LogP contribution >= 0.6 is 0 Å². The molecule has 0 bridgehead atoms. The van der Waals surface area contributed by atoms with Gasteiger partial charge in [0.25, 0.3) is 0 Å². The molecule has 0 aliphatic carbocycles. The molecular formula is C31H26F4N2O6. The molecule has 0 aliphatic rings. The highest BCUT2D eigenvalue weighted by Gasteiger charge is 2.32. The lowest BCUT2D eigenvalue weighted by atomic mass is 10.0. The Morgan fingerprint density at radius 2 is 1.72 bits per heavy atom. The fraction of sp³-hybridized carbons (Fsp3) is 0.194. The first-order valence-corrected chi connectivity index (χ1v) is 12.9. The summed E-state index contributed by atoms with van der Waals surface area (Å²) >= 11 is 0. The molecule has 3 aromatic carbocycles. The van der Waals surface area contributed by atoms with Crippen molar-refractivity contribution in [1.82, 2.24) is 4.98 Å². The molecule has 0 spiro atoms. The van der Waals surface area contributed by atoms with Gasteiger partial charge in [0.2, 0.25) is 11.8 Å². The van der Waals surface area contributed by atoms with Crippen LogP contribution in [0, 0.1) is 5.82 Å².